The van der Waals surface area contributed by atoms with E-state index in [4.69, 9.17) is 41.2 Å². The summed E-state index contributed by atoms with van der Waals surface area (Å²) in [6.45, 7) is 8.15. The van der Waals surface area contributed by atoms with Crippen molar-refractivity contribution in [2.75, 3.05) is 21.3 Å². The van der Waals surface area contributed by atoms with Gasteiger partial charge in [-0.05, 0) is 147 Å². The normalized spacial score (nSPS) is 20.5. The molecule has 0 saturated heterocycles. The van der Waals surface area contributed by atoms with Gasteiger partial charge in [0.2, 0.25) is 0 Å². The Morgan fingerprint density at radius 1 is 0.326 bits per heavy atom. The number of fused-ring (bicyclic) bond motifs is 6. The van der Waals surface area contributed by atoms with Crippen LogP contribution in [-0.2, 0) is 61.6 Å². The summed E-state index contributed by atoms with van der Waals surface area (Å²) in [6.07, 6.45) is 6.83. The minimum atomic E-state index is -1.38. The number of hydrogen-bond donors (Lipinski definition) is 8. The van der Waals surface area contributed by atoms with Gasteiger partial charge in [0.25, 0.3) is 0 Å². The number of aromatic amines is 4. The molecule has 0 fully saturated rings. The van der Waals surface area contributed by atoms with Crippen molar-refractivity contribution in [3.63, 3.8) is 0 Å². The summed E-state index contributed by atoms with van der Waals surface area (Å²) in [5.74, 6) is 3.22. The summed E-state index contributed by atoms with van der Waals surface area (Å²) in [7, 11) is 0. The number of nitrogens with zero attached hydrogens (tertiary/aromatic N) is 16. The number of rotatable bonds is 8. The van der Waals surface area contributed by atoms with E-state index in [0.29, 0.717) is 70.4 Å². The van der Waals surface area contributed by atoms with Crippen LogP contribution in [0, 0.1) is 27.7 Å². The van der Waals surface area contributed by atoms with E-state index in [1.165, 1.54) is 0 Å². The molecule has 0 saturated carbocycles. The molecular formula is C60H48N24Zn2. The zero-order valence-electron chi connectivity index (χ0n) is 46.7. The van der Waals surface area contributed by atoms with Gasteiger partial charge >= 0.3 is 39.0 Å². The zero-order chi connectivity index (χ0) is 56.6. The molecule has 0 bridgehead atoms. The van der Waals surface area contributed by atoms with E-state index in [9.17, 15) is 0 Å². The third-order valence-corrected chi connectivity index (χ3v) is 14.7. The molecule has 412 valence electrons. The summed E-state index contributed by atoms with van der Waals surface area (Å²) in [5, 5.41) is 33.2. The molecule has 24 nitrogen and oxygen atoms in total. The molecule has 4 aliphatic heterocycles. The van der Waals surface area contributed by atoms with Crippen LogP contribution in [-0.4, -0.2) is 83.6 Å². The molecule has 12 heterocycles. The first-order chi connectivity index (χ1) is 41.0. The van der Waals surface area contributed by atoms with Crippen molar-refractivity contribution in [2.45, 2.75) is 50.3 Å². The number of nitrogens with one attached hydrogen (secondary N) is 8. The predicted molar refractivity (Wildman–Crippen MR) is 325 cm³/mol. The Labute approximate surface area is 515 Å². The fourth-order valence-electron chi connectivity index (χ4n) is 10.9. The van der Waals surface area contributed by atoms with Gasteiger partial charge in [-0.25, -0.2) is 19.9 Å². The van der Waals surface area contributed by atoms with Crippen LogP contribution in [0.15, 0.2) is 190 Å². The van der Waals surface area contributed by atoms with Crippen molar-refractivity contribution in [2.24, 2.45) is 20.0 Å². The zero-order valence-corrected chi connectivity index (χ0v) is 52.7. The summed E-state index contributed by atoms with van der Waals surface area (Å²) in [4.78, 5) is 70.8. The molecule has 86 heavy (non-hydrogen) atoms. The third-order valence-electron chi connectivity index (χ3n) is 14.7. The van der Waals surface area contributed by atoms with Crippen LogP contribution in [0.3, 0.4) is 0 Å². The molecule has 4 aromatic carbocycles. The van der Waals surface area contributed by atoms with Gasteiger partial charge in [0.05, 0.1) is 66.9 Å². The van der Waals surface area contributed by atoms with Crippen LogP contribution < -0.4 is 21.3 Å². The molecule has 0 amide bonds. The third kappa shape index (κ3) is 9.38. The summed E-state index contributed by atoms with van der Waals surface area (Å²) >= 11 is 0. The predicted octanol–water partition coefficient (Wildman–Crippen LogP) is 11.1. The molecule has 0 atom stereocenters. The van der Waals surface area contributed by atoms with E-state index in [1.54, 1.807) is 24.8 Å². The largest absolute Gasteiger partial charge is 2.00 e. The Bertz CT molecular complexity index is 4150. The van der Waals surface area contributed by atoms with Crippen LogP contribution in [0.5, 0.6) is 0 Å². The maximum absolute atomic E-state index is 5.05. The van der Waals surface area contributed by atoms with Crippen LogP contribution >= 0.6 is 0 Å². The van der Waals surface area contributed by atoms with Gasteiger partial charge in [-0.1, -0.05) is 48.5 Å². The number of aliphatic imine (C=N–C) groups is 4. The molecule has 0 spiro atoms. The first-order valence-electron chi connectivity index (χ1n) is 26.9. The van der Waals surface area contributed by atoms with Crippen molar-refractivity contribution >= 4 is 91.8 Å². The summed E-state index contributed by atoms with van der Waals surface area (Å²) in [5.41, 5.74) is 8.23. The SMILES string of the molecule is Cc1ccc2nc(NC3=NC4(c5ccccn5)N=C(Nc5nc6ccc(C)cc6[nH]5)[N-]C4(c4ccccn4)[N-]3)[nH]c2c1.Cc1ccc2nc(NC3=NC4(c5ccccn5)N=C(Nc5nc6ccc(C)cc6[nH]5)[N-]C4(c4ccccn4)[N-]3)[nH]c2c1.[Zn+2].[Zn+2]. The molecule has 0 radical (unpaired) electrons. The minimum absolute atomic E-state index is 0. The van der Waals surface area contributed by atoms with E-state index in [-0.39, 0.29) is 39.0 Å². The number of aryl methyl sites for hydroxylation is 4. The Hall–Kier alpha value is -10.3. The van der Waals surface area contributed by atoms with Gasteiger partial charge < -0.3 is 82.4 Å². The van der Waals surface area contributed by atoms with E-state index in [0.717, 1.165) is 66.4 Å². The van der Waals surface area contributed by atoms with E-state index in [1.807, 2.05) is 173 Å². The molecule has 12 aromatic rings. The smallest absolute Gasteiger partial charge is 0.383 e. The monoisotopic (exact) mass is 1230 g/mol. The van der Waals surface area contributed by atoms with Crippen LogP contribution in [0.4, 0.5) is 23.8 Å². The van der Waals surface area contributed by atoms with Crippen molar-refractivity contribution in [3.05, 3.63) is 237 Å². The maximum atomic E-state index is 5.05. The van der Waals surface area contributed by atoms with Crippen molar-refractivity contribution in [1.82, 2.24) is 59.8 Å². The van der Waals surface area contributed by atoms with Crippen LogP contribution in [0.25, 0.3) is 65.4 Å². The Kier molecular flexibility index (Phi) is 13.7. The average Bonchev–Trinajstić information content (AvgIpc) is 1.58. The van der Waals surface area contributed by atoms with Crippen molar-refractivity contribution < 1.29 is 39.0 Å². The second-order valence-electron chi connectivity index (χ2n) is 20.7. The molecule has 8 N–H and O–H groups in total. The number of H-pyrrole nitrogens is 4. The van der Waals surface area contributed by atoms with E-state index < -0.39 is 22.7 Å². The summed E-state index contributed by atoms with van der Waals surface area (Å²) < 4.78 is 0. The number of imidazole rings is 4. The van der Waals surface area contributed by atoms with Gasteiger partial charge in [-0.3, -0.25) is 19.9 Å². The fourth-order valence-corrected chi connectivity index (χ4v) is 10.9. The Balaban J connectivity index is 0.000000156. The molecular weight excluding hydrogens is 1190 g/mol. The molecule has 26 heteroatoms. The standard InChI is InChI=1S/2C30H24N12.2Zn/c2*1-17-9-11-19-21(15-17)35-25(33-19)37-27-39-29(23-7-3-5-13-31-23)30(40-27,24-8-4-6-14-32-24)42-28(41-29)38-26-34-20-12-10-18(2)16-22(20)36-26;;/h2*3-16H,1-2H3,(H4-2,33,34,35,36,37,38,39,40,41,42);;/q2*-2;2*+2. The van der Waals surface area contributed by atoms with Gasteiger partial charge in [-0.2, -0.15) is 0 Å². The molecule has 4 aliphatic rings. The minimum Gasteiger partial charge on any atom is -0.383 e. The number of guanidine groups is 4. The van der Waals surface area contributed by atoms with Crippen LogP contribution in [0.2, 0.25) is 0 Å². The quantitative estimate of drug-likeness (QED) is 0.0659. The van der Waals surface area contributed by atoms with Gasteiger partial charge in [0.15, 0.2) is 0 Å². The van der Waals surface area contributed by atoms with Crippen LogP contribution in [0.1, 0.15) is 45.0 Å². The van der Waals surface area contributed by atoms with Gasteiger partial charge in [0, 0.05) is 48.6 Å². The maximum Gasteiger partial charge on any atom is 2.00 e. The molecule has 8 aromatic heterocycles. The number of aromatic nitrogens is 12. The molecule has 0 aliphatic carbocycles. The first kappa shape index (κ1) is 54.9. The number of benzene rings is 4. The number of anilines is 4. The van der Waals surface area contributed by atoms with Gasteiger partial charge in [0.1, 0.15) is 46.4 Å². The topological polar surface area (TPSA) is 320 Å². The molecule has 16 rings (SSSR count). The van der Waals surface area contributed by atoms with Crippen molar-refractivity contribution in [3.8, 4) is 0 Å². The second-order valence-corrected chi connectivity index (χ2v) is 20.7. The average molecular weight is 1240 g/mol. The number of pyridine rings is 4. The summed E-state index contributed by atoms with van der Waals surface area (Å²) in [6, 6.07) is 46.6. The number of hydrogen-bond acceptors (Lipinski definition) is 16. The Morgan fingerprint density at radius 3 is 0.826 bits per heavy atom. The van der Waals surface area contributed by atoms with Crippen molar-refractivity contribution in [1.29, 1.82) is 0 Å². The Morgan fingerprint density at radius 2 is 0.581 bits per heavy atom. The molecule has 0 unspecified atom stereocenters. The van der Waals surface area contributed by atoms with Gasteiger partial charge in [-0.15, -0.1) is 0 Å². The second kappa shape index (κ2) is 21.4. The van der Waals surface area contributed by atoms with E-state index in [2.05, 4.69) is 81.1 Å². The first-order valence-corrected chi connectivity index (χ1v) is 26.9. The fraction of sp³-hybridized carbons (Fsp3) is 0.133. The van der Waals surface area contributed by atoms with E-state index >= 15 is 0 Å².